The molecule has 4 nitrogen and oxygen atoms in total. The standard InChI is InChI=1S/C15H19NO3/c1-9-6-10(2)8-12(7-9)11(3)16-13(17)15(4-5-15)14(18)19/h6-8,11H,4-5H2,1-3H3,(H,16,17)(H,18,19). The van der Waals surface area contributed by atoms with E-state index in [9.17, 15) is 9.59 Å². The van der Waals surface area contributed by atoms with E-state index in [1.807, 2.05) is 32.9 Å². The Labute approximate surface area is 112 Å². The van der Waals surface area contributed by atoms with Gasteiger partial charge in [-0.05, 0) is 39.2 Å². The number of benzene rings is 1. The van der Waals surface area contributed by atoms with E-state index < -0.39 is 11.4 Å². The van der Waals surface area contributed by atoms with Crippen LogP contribution in [0.15, 0.2) is 18.2 Å². The van der Waals surface area contributed by atoms with Gasteiger partial charge < -0.3 is 10.4 Å². The first-order valence-electron chi connectivity index (χ1n) is 6.48. The Kier molecular flexibility index (Phi) is 3.35. The lowest BCUT2D eigenvalue weighted by molar-refractivity contribution is -0.149. The van der Waals surface area contributed by atoms with Crippen molar-refractivity contribution in [1.29, 1.82) is 0 Å². The van der Waals surface area contributed by atoms with E-state index in [1.165, 1.54) is 0 Å². The van der Waals surface area contributed by atoms with Crippen molar-refractivity contribution in [3.05, 3.63) is 34.9 Å². The van der Waals surface area contributed by atoms with Crippen LogP contribution in [0, 0.1) is 19.3 Å². The summed E-state index contributed by atoms with van der Waals surface area (Å²) >= 11 is 0. The number of carbonyl (C=O) groups is 2. The molecular weight excluding hydrogens is 242 g/mol. The minimum atomic E-state index is -1.17. The zero-order valence-electron chi connectivity index (χ0n) is 11.5. The van der Waals surface area contributed by atoms with Crippen LogP contribution >= 0.6 is 0 Å². The van der Waals surface area contributed by atoms with Gasteiger partial charge in [0.25, 0.3) is 0 Å². The highest BCUT2D eigenvalue weighted by Crippen LogP contribution is 2.46. The number of rotatable bonds is 4. The average molecular weight is 261 g/mol. The van der Waals surface area contributed by atoms with E-state index in [-0.39, 0.29) is 11.9 Å². The molecule has 1 atom stereocenters. The Balaban J connectivity index is 2.11. The fourth-order valence-electron chi connectivity index (χ4n) is 2.34. The maximum atomic E-state index is 12.0. The predicted octanol–water partition coefficient (Wildman–Crippen LogP) is 2.35. The van der Waals surface area contributed by atoms with Gasteiger partial charge in [0.1, 0.15) is 5.41 Å². The lowest BCUT2D eigenvalue weighted by Crippen LogP contribution is -2.38. The summed E-state index contributed by atoms with van der Waals surface area (Å²) in [6.45, 7) is 5.89. The predicted molar refractivity (Wildman–Crippen MR) is 71.8 cm³/mol. The minimum absolute atomic E-state index is 0.178. The molecule has 0 radical (unpaired) electrons. The lowest BCUT2D eigenvalue weighted by atomic mass is 10.0. The number of hydrogen-bond acceptors (Lipinski definition) is 2. The van der Waals surface area contributed by atoms with Crippen molar-refractivity contribution in [3.8, 4) is 0 Å². The smallest absolute Gasteiger partial charge is 0.319 e. The molecular formula is C15H19NO3. The molecule has 102 valence electrons. The van der Waals surface area contributed by atoms with Crippen LogP contribution in [0.5, 0.6) is 0 Å². The maximum absolute atomic E-state index is 12.0. The summed E-state index contributed by atoms with van der Waals surface area (Å²) in [6.07, 6.45) is 0.876. The van der Waals surface area contributed by atoms with Crippen LogP contribution in [-0.4, -0.2) is 17.0 Å². The second-order valence-corrected chi connectivity index (χ2v) is 5.50. The molecule has 0 aromatic heterocycles. The normalized spacial score (nSPS) is 17.6. The summed E-state index contributed by atoms with van der Waals surface area (Å²) in [7, 11) is 0. The Morgan fingerprint density at radius 3 is 2.16 bits per heavy atom. The van der Waals surface area contributed by atoms with Crippen molar-refractivity contribution >= 4 is 11.9 Å². The number of carboxylic acid groups (broad SMARTS) is 1. The summed E-state index contributed by atoms with van der Waals surface area (Å²) < 4.78 is 0. The molecule has 0 saturated heterocycles. The van der Waals surface area contributed by atoms with E-state index >= 15 is 0 Å². The quantitative estimate of drug-likeness (QED) is 0.817. The highest BCUT2D eigenvalue weighted by molar-refractivity contribution is 6.04. The fourth-order valence-corrected chi connectivity index (χ4v) is 2.34. The van der Waals surface area contributed by atoms with E-state index in [1.54, 1.807) is 0 Å². The van der Waals surface area contributed by atoms with Crippen LogP contribution < -0.4 is 5.32 Å². The highest BCUT2D eigenvalue weighted by atomic mass is 16.4. The van der Waals surface area contributed by atoms with Crippen LogP contribution in [0.25, 0.3) is 0 Å². The molecule has 1 fully saturated rings. The number of hydrogen-bond donors (Lipinski definition) is 2. The summed E-state index contributed by atoms with van der Waals surface area (Å²) in [5.74, 6) is -1.38. The van der Waals surface area contributed by atoms with Gasteiger partial charge in [-0.15, -0.1) is 0 Å². The third-order valence-corrected chi connectivity index (χ3v) is 3.69. The van der Waals surface area contributed by atoms with Gasteiger partial charge in [0.15, 0.2) is 0 Å². The van der Waals surface area contributed by atoms with Crippen LogP contribution in [0.2, 0.25) is 0 Å². The lowest BCUT2D eigenvalue weighted by Gasteiger charge is -2.18. The van der Waals surface area contributed by atoms with Crippen LogP contribution in [-0.2, 0) is 9.59 Å². The molecule has 2 rings (SSSR count). The Morgan fingerprint density at radius 2 is 1.74 bits per heavy atom. The molecule has 1 amide bonds. The fraction of sp³-hybridized carbons (Fsp3) is 0.467. The van der Waals surface area contributed by atoms with Gasteiger partial charge >= 0.3 is 5.97 Å². The monoisotopic (exact) mass is 261 g/mol. The highest BCUT2D eigenvalue weighted by Gasteiger charge is 2.57. The SMILES string of the molecule is Cc1cc(C)cc(C(C)NC(=O)C2(C(=O)O)CC2)c1. The Bertz CT molecular complexity index is 512. The Morgan fingerprint density at radius 1 is 1.21 bits per heavy atom. The molecule has 1 aromatic rings. The van der Waals surface area contributed by atoms with Crippen molar-refractivity contribution in [2.75, 3.05) is 0 Å². The van der Waals surface area contributed by atoms with Gasteiger partial charge in [-0.3, -0.25) is 9.59 Å². The largest absolute Gasteiger partial charge is 0.480 e. The molecule has 0 spiro atoms. The van der Waals surface area contributed by atoms with E-state index in [2.05, 4.69) is 11.4 Å². The van der Waals surface area contributed by atoms with Crippen molar-refractivity contribution in [2.45, 2.75) is 39.7 Å². The molecule has 1 aromatic carbocycles. The first kappa shape index (κ1) is 13.6. The first-order chi connectivity index (χ1) is 8.85. The van der Waals surface area contributed by atoms with Crippen molar-refractivity contribution in [1.82, 2.24) is 5.32 Å². The summed E-state index contributed by atoms with van der Waals surface area (Å²) in [5, 5.41) is 11.9. The number of carbonyl (C=O) groups excluding carboxylic acids is 1. The van der Waals surface area contributed by atoms with Gasteiger partial charge in [0.2, 0.25) is 5.91 Å². The number of aryl methyl sites for hydroxylation is 2. The summed E-state index contributed by atoms with van der Waals surface area (Å²) in [5.41, 5.74) is 2.10. The zero-order valence-corrected chi connectivity index (χ0v) is 11.5. The number of amides is 1. The van der Waals surface area contributed by atoms with Crippen LogP contribution in [0.3, 0.4) is 0 Å². The summed E-state index contributed by atoms with van der Waals surface area (Å²) in [6, 6.07) is 5.91. The molecule has 19 heavy (non-hydrogen) atoms. The van der Waals surface area contributed by atoms with Gasteiger partial charge in [-0.1, -0.05) is 29.3 Å². The second kappa shape index (κ2) is 4.68. The Hall–Kier alpha value is -1.84. The molecule has 1 saturated carbocycles. The third-order valence-electron chi connectivity index (χ3n) is 3.69. The molecule has 4 heteroatoms. The minimum Gasteiger partial charge on any atom is -0.480 e. The molecule has 1 aliphatic carbocycles. The second-order valence-electron chi connectivity index (χ2n) is 5.50. The molecule has 0 aliphatic heterocycles. The number of nitrogens with one attached hydrogen (secondary N) is 1. The topological polar surface area (TPSA) is 66.4 Å². The molecule has 0 bridgehead atoms. The van der Waals surface area contributed by atoms with Crippen molar-refractivity contribution < 1.29 is 14.7 Å². The first-order valence-corrected chi connectivity index (χ1v) is 6.48. The van der Waals surface area contributed by atoms with Gasteiger partial charge in [-0.2, -0.15) is 0 Å². The number of aliphatic carboxylic acids is 1. The average Bonchev–Trinajstić information content (AvgIpc) is 3.08. The zero-order chi connectivity index (χ0) is 14.2. The van der Waals surface area contributed by atoms with Gasteiger partial charge in [-0.25, -0.2) is 0 Å². The van der Waals surface area contributed by atoms with E-state index in [4.69, 9.17) is 5.11 Å². The van der Waals surface area contributed by atoms with E-state index in [0.29, 0.717) is 12.8 Å². The molecule has 0 heterocycles. The summed E-state index contributed by atoms with van der Waals surface area (Å²) in [4.78, 5) is 23.1. The van der Waals surface area contributed by atoms with Crippen molar-refractivity contribution in [2.24, 2.45) is 5.41 Å². The van der Waals surface area contributed by atoms with Crippen molar-refractivity contribution in [3.63, 3.8) is 0 Å². The van der Waals surface area contributed by atoms with Gasteiger partial charge in [0, 0.05) is 0 Å². The van der Waals surface area contributed by atoms with Crippen LogP contribution in [0.4, 0.5) is 0 Å². The van der Waals surface area contributed by atoms with E-state index in [0.717, 1.165) is 16.7 Å². The van der Waals surface area contributed by atoms with Crippen LogP contribution in [0.1, 0.15) is 42.5 Å². The third kappa shape index (κ3) is 2.62. The maximum Gasteiger partial charge on any atom is 0.319 e. The molecule has 1 unspecified atom stereocenters. The molecule has 2 N–H and O–H groups in total. The molecule has 1 aliphatic rings. The van der Waals surface area contributed by atoms with Gasteiger partial charge in [0.05, 0.1) is 6.04 Å². The number of carboxylic acids is 1.